The number of amides is 1. The fourth-order valence-corrected chi connectivity index (χ4v) is 2.67. The van der Waals surface area contributed by atoms with E-state index in [1.807, 2.05) is 6.07 Å². The molecule has 7 nitrogen and oxygen atoms in total. The van der Waals surface area contributed by atoms with Crippen LogP contribution in [0.5, 0.6) is 5.75 Å². The van der Waals surface area contributed by atoms with Crippen LogP contribution in [0.25, 0.3) is 0 Å². The van der Waals surface area contributed by atoms with E-state index >= 15 is 0 Å². The number of carbonyl (C=O) groups excluding carboxylic acids is 2. The Morgan fingerprint density at radius 3 is 2.61 bits per heavy atom. The summed E-state index contributed by atoms with van der Waals surface area (Å²) in [5.74, 6) is -1.10. The van der Waals surface area contributed by atoms with Gasteiger partial charge in [0.15, 0.2) is 6.10 Å². The second kappa shape index (κ2) is 9.78. The number of hydrogen-bond acceptors (Lipinski definition) is 6. The molecule has 3 aromatic rings. The lowest BCUT2D eigenvalue weighted by molar-refractivity contribution is -0.123. The van der Waals surface area contributed by atoms with E-state index < -0.39 is 18.0 Å². The monoisotopic (exact) mass is 442 g/mol. The van der Waals surface area contributed by atoms with Gasteiger partial charge in [-0.1, -0.05) is 11.6 Å². The van der Waals surface area contributed by atoms with E-state index in [0.29, 0.717) is 17.2 Å². The van der Waals surface area contributed by atoms with Crippen molar-refractivity contribution in [3.63, 3.8) is 0 Å². The topological polar surface area (TPSA) is 102 Å². The van der Waals surface area contributed by atoms with Crippen molar-refractivity contribution in [1.82, 2.24) is 0 Å². The highest BCUT2D eigenvalue weighted by molar-refractivity contribution is 6.32. The van der Waals surface area contributed by atoms with Crippen LogP contribution in [0.1, 0.15) is 28.8 Å². The molecule has 158 valence electrons. The lowest BCUT2D eigenvalue weighted by Gasteiger charge is -2.13. The highest BCUT2D eigenvalue weighted by Gasteiger charge is 2.21. The standard InChI is InChI=1S/C22H16ClFN2O5/c1-13(21(27)26-16-5-2-14(11-25)19(23)10-16)30-22(28)20-9-8-18(31-20)12-29-17-6-3-15(24)4-7-17/h2-10,13H,12H2,1H3,(H,26,27). The Balaban J connectivity index is 1.53. The maximum Gasteiger partial charge on any atom is 0.375 e. The average molecular weight is 443 g/mol. The van der Waals surface area contributed by atoms with Gasteiger partial charge in [0.1, 0.15) is 30.0 Å². The molecule has 0 radical (unpaired) electrons. The first kappa shape index (κ1) is 21.9. The summed E-state index contributed by atoms with van der Waals surface area (Å²) in [5.41, 5.74) is 0.631. The summed E-state index contributed by atoms with van der Waals surface area (Å²) in [4.78, 5) is 24.5. The molecule has 1 amide bonds. The van der Waals surface area contributed by atoms with Crippen LogP contribution in [0, 0.1) is 17.1 Å². The highest BCUT2D eigenvalue weighted by Crippen LogP contribution is 2.21. The van der Waals surface area contributed by atoms with Crippen LogP contribution in [-0.4, -0.2) is 18.0 Å². The molecule has 1 unspecified atom stereocenters. The number of nitriles is 1. The Bertz CT molecular complexity index is 1140. The minimum atomic E-state index is -1.12. The number of nitrogens with one attached hydrogen (secondary N) is 1. The van der Waals surface area contributed by atoms with Crippen molar-refractivity contribution in [2.75, 3.05) is 5.32 Å². The third kappa shape index (κ3) is 5.84. The summed E-state index contributed by atoms with van der Waals surface area (Å²) < 4.78 is 28.8. The highest BCUT2D eigenvalue weighted by atomic mass is 35.5. The third-order valence-electron chi connectivity index (χ3n) is 4.07. The van der Waals surface area contributed by atoms with E-state index in [1.54, 1.807) is 0 Å². The summed E-state index contributed by atoms with van der Waals surface area (Å²) >= 11 is 5.93. The molecule has 0 spiro atoms. The van der Waals surface area contributed by atoms with Crippen LogP contribution in [0.15, 0.2) is 59.0 Å². The molecule has 1 aromatic heterocycles. The Kier molecular flexibility index (Phi) is 6.90. The number of benzene rings is 2. The van der Waals surface area contributed by atoms with Crippen LogP contribution in [0.3, 0.4) is 0 Å². The van der Waals surface area contributed by atoms with Gasteiger partial charge in [0.2, 0.25) is 5.76 Å². The molecule has 0 aliphatic rings. The van der Waals surface area contributed by atoms with Crippen molar-refractivity contribution in [3.05, 3.63) is 82.5 Å². The van der Waals surface area contributed by atoms with E-state index in [9.17, 15) is 14.0 Å². The van der Waals surface area contributed by atoms with Crippen LogP contribution < -0.4 is 10.1 Å². The SMILES string of the molecule is CC(OC(=O)c1ccc(COc2ccc(F)cc2)o1)C(=O)Nc1ccc(C#N)c(Cl)c1. The number of esters is 1. The predicted molar refractivity (Wildman–Crippen MR) is 109 cm³/mol. The van der Waals surface area contributed by atoms with Crippen molar-refractivity contribution in [2.24, 2.45) is 0 Å². The van der Waals surface area contributed by atoms with Gasteiger partial charge in [0.05, 0.1) is 10.6 Å². The minimum Gasteiger partial charge on any atom is -0.486 e. The zero-order chi connectivity index (χ0) is 22.4. The average Bonchev–Trinajstić information content (AvgIpc) is 3.22. The summed E-state index contributed by atoms with van der Waals surface area (Å²) in [6, 6.07) is 14.7. The largest absolute Gasteiger partial charge is 0.486 e. The quantitative estimate of drug-likeness (QED) is 0.532. The van der Waals surface area contributed by atoms with E-state index in [2.05, 4.69) is 5.32 Å². The van der Waals surface area contributed by atoms with Gasteiger partial charge < -0.3 is 19.2 Å². The van der Waals surface area contributed by atoms with Gasteiger partial charge >= 0.3 is 5.97 Å². The Morgan fingerprint density at radius 1 is 1.19 bits per heavy atom. The molecule has 9 heteroatoms. The molecule has 0 saturated heterocycles. The molecule has 31 heavy (non-hydrogen) atoms. The number of furan rings is 1. The van der Waals surface area contributed by atoms with Gasteiger partial charge in [0, 0.05) is 5.69 Å². The zero-order valence-corrected chi connectivity index (χ0v) is 17.0. The van der Waals surface area contributed by atoms with Gasteiger partial charge in [-0.05, 0) is 61.5 Å². The molecule has 0 fully saturated rings. The molecule has 2 aromatic carbocycles. The lowest BCUT2D eigenvalue weighted by Crippen LogP contribution is -2.29. The summed E-state index contributed by atoms with van der Waals surface area (Å²) in [6.45, 7) is 1.42. The Morgan fingerprint density at radius 2 is 1.94 bits per heavy atom. The second-order valence-corrected chi connectivity index (χ2v) is 6.76. The molecule has 1 heterocycles. The number of carbonyl (C=O) groups is 2. The van der Waals surface area contributed by atoms with E-state index in [0.717, 1.165) is 0 Å². The number of nitrogens with zero attached hydrogens (tertiary/aromatic N) is 1. The summed E-state index contributed by atoms with van der Waals surface area (Å²) in [6.07, 6.45) is -1.12. The third-order valence-corrected chi connectivity index (χ3v) is 4.38. The Labute approximate surface area is 181 Å². The number of halogens is 2. The van der Waals surface area contributed by atoms with E-state index in [4.69, 9.17) is 30.8 Å². The van der Waals surface area contributed by atoms with E-state index in [1.165, 1.54) is 61.5 Å². The lowest BCUT2D eigenvalue weighted by atomic mass is 10.2. The number of rotatable bonds is 7. The van der Waals surface area contributed by atoms with Crippen molar-refractivity contribution >= 4 is 29.2 Å². The molecule has 1 N–H and O–H groups in total. The first-order chi connectivity index (χ1) is 14.9. The molecule has 0 saturated carbocycles. The van der Waals surface area contributed by atoms with Crippen LogP contribution >= 0.6 is 11.6 Å². The fourth-order valence-electron chi connectivity index (χ4n) is 2.45. The maximum absolute atomic E-state index is 12.9. The van der Waals surface area contributed by atoms with Gasteiger partial charge in [-0.2, -0.15) is 5.26 Å². The molecule has 0 bridgehead atoms. The van der Waals surface area contributed by atoms with Gasteiger partial charge in [-0.3, -0.25) is 4.79 Å². The minimum absolute atomic E-state index is 0.0222. The molecular formula is C22H16ClFN2O5. The van der Waals surface area contributed by atoms with E-state index in [-0.39, 0.29) is 28.8 Å². The number of ether oxygens (including phenoxy) is 2. The molecule has 0 aliphatic heterocycles. The molecule has 0 aliphatic carbocycles. The number of anilines is 1. The molecule has 1 atom stereocenters. The fraction of sp³-hybridized carbons (Fsp3) is 0.136. The van der Waals surface area contributed by atoms with Crippen molar-refractivity contribution in [2.45, 2.75) is 19.6 Å². The Hall–Kier alpha value is -3.83. The van der Waals surface area contributed by atoms with Crippen molar-refractivity contribution < 1.29 is 27.9 Å². The molecule has 3 rings (SSSR count). The molecular weight excluding hydrogens is 427 g/mol. The normalized spacial score (nSPS) is 11.3. The van der Waals surface area contributed by atoms with Crippen molar-refractivity contribution in [3.8, 4) is 11.8 Å². The first-order valence-electron chi connectivity index (χ1n) is 9.04. The number of hydrogen-bond donors (Lipinski definition) is 1. The smallest absolute Gasteiger partial charge is 0.375 e. The first-order valence-corrected chi connectivity index (χ1v) is 9.42. The summed E-state index contributed by atoms with van der Waals surface area (Å²) in [7, 11) is 0. The van der Waals surface area contributed by atoms with Crippen molar-refractivity contribution in [1.29, 1.82) is 5.26 Å². The van der Waals surface area contributed by atoms with Crippen LogP contribution in [0.2, 0.25) is 5.02 Å². The van der Waals surface area contributed by atoms with Crippen LogP contribution in [0.4, 0.5) is 10.1 Å². The van der Waals surface area contributed by atoms with Crippen LogP contribution in [-0.2, 0) is 16.1 Å². The predicted octanol–water partition coefficient (Wildman–Crippen LogP) is 4.71. The summed E-state index contributed by atoms with van der Waals surface area (Å²) in [5, 5.41) is 11.6. The second-order valence-electron chi connectivity index (χ2n) is 6.35. The van der Waals surface area contributed by atoms with Gasteiger partial charge in [-0.25, -0.2) is 9.18 Å². The van der Waals surface area contributed by atoms with Gasteiger partial charge in [0.25, 0.3) is 5.91 Å². The van der Waals surface area contributed by atoms with Gasteiger partial charge in [-0.15, -0.1) is 0 Å². The maximum atomic E-state index is 12.9. The zero-order valence-electron chi connectivity index (χ0n) is 16.2.